The number of carbonyl (C=O) groups is 2. The van der Waals surface area contributed by atoms with Gasteiger partial charge in [0.2, 0.25) is 5.91 Å². The SMILES string of the molecule is Cc1ccc(C2C(C(=O)O)C3(CC(=O)N2c2ccc(C)cc2)SCCS3)cc1. The third-order valence-electron chi connectivity index (χ3n) is 5.51. The van der Waals surface area contributed by atoms with Crippen molar-refractivity contribution >= 4 is 41.1 Å². The molecule has 4 nitrogen and oxygen atoms in total. The summed E-state index contributed by atoms with van der Waals surface area (Å²) in [6.45, 7) is 4.01. The van der Waals surface area contributed by atoms with Crippen molar-refractivity contribution in [2.45, 2.75) is 30.4 Å². The van der Waals surface area contributed by atoms with E-state index in [0.29, 0.717) is 0 Å². The lowest BCUT2D eigenvalue weighted by Gasteiger charge is -2.48. The lowest BCUT2D eigenvalue weighted by atomic mass is 9.82. The first-order valence-corrected chi connectivity index (χ1v) is 11.3. The summed E-state index contributed by atoms with van der Waals surface area (Å²) in [4.78, 5) is 27.6. The Labute approximate surface area is 173 Å². The van der Waals surface area contributed by atoms with Crippen LogP contribution < -0.4 is 4.90 Å². The van der Waals surface area contributed by atoms with Gasteiger partial charge in [-0.05, 0) is 31.5 Å². The number of benzene rings is 2. The Kier molecular flexibility index (Phi) is 5.19. The van der Waals surface area contributed by atoms with Gasteiger partial charge in [-0.2, -0.15) is 0 Å². The molecular formula is C22H23NO3S2. The smallest absolute Gasteiger partial charge is 0.311 e. The number of carboxylic acid groups (broad SMARTS) is 1. The molecule has 2 saturated heterocycles. The number of nitrogens with zero attached hydrogens (tertiary/aromatic N) is 1. The first kappa shape index (κ1) is 19.4. The van der Waals surface area contributed by atoms with Gasteiger partial charge in [-0.25, -0.2) is 0 Å². The van der Waals surface area contributed by atoms with E-state index in [4.69, 9.17) is 0 Å². The zero-order valence-electron chi connectivity index (χ0n) is 15.9. The number of carbonyl (C=O) groups excluding carboxylic acids is 1. The number of amides is 1. The minimum Gasteiger partial charge on any atom is -0.481 e. The Morgan fingerprint density at radius 2 is 1.54 bits per heavy atom. The van der Waals surface area contributed by atoms with Crippen molar-refractivity contribution in [3.63, 3.8) is 0 Å². The molecule has 2 aliphatic rings. The fourth-order valence-electron chi connectivity index (χ4n) is 4.14. The normalized spacial score (nSPS) is 23.9. The fraction of sp³-hybridized carbons (Fsp3) is 0.364. The molecule has 4 rings (SSSR count). The van der Waals surface area contributed by atoms with Crippen LogP contribution in [-0.4, -0.2) is 32.6 Å². The molecule has 1 amide bonds. The van der Waals surface area contributed by atoms with Gasteiger partial charge in [-0.3, -0.25) is 9.59 Å². The van der Waals surface area contributed by atoms with Gasteiger partial charge >= 0.3 is 5.97 Å². The average Bonchev–Trinajstić information content (AvgIpc) is 3.11. The molecule has 0 aliphatic carbocycles. The molecule has 1 N–H and O–H groups in total. The molecule has 1 spiro atoms. The summed E-state index contributed by atoms with van der Waals surface area (Å²) in [6.07, 6.45) is 0.246. The summed E-state index contributed by atoms with van der Waals surface area (Å²) < 4.78 is -0.598. The van der Waals surface area contributed by atoms with Crippen molar-refractivity contribution < 1.29 is 14.7 Å². The minimum atomic E-state index is -0.836. The third-order valence-corrected chi connectivity index (χ3v) is 9.06. The maximum atomic E-state index is 13.4. The fourth-order valence-corrected chi connectivity index (χ4v) is 7.60. The van der Waals surface area contributed by atoms with Crippen LogP contribution in [0.3, 0.4) is 0 Å². The molecule has 146 valence electrons. The zero-order chi connectivity index (χ0) is 19.9. The summed E-state index contributed by atoms with van der Waals surface area (Å²) in [6, 6.07) is 15.1. The standard InChI is InChI=1S/C22H23NO3S2/c1-14-3-7-16(8-4-14)20-19(21(25)26)22(27-11-12-28-22)13-18(24)23(20)17-9-5-15(2)6-10-17/h3-10,19-20H,11-13H2,1-2H3,(H,25,26). The largest absolute Gasteiger partial charge is 0.481 e. The second-order valence-electron chi connectivity index (χ2n) is 7.46. The van der Waals surface area contributed by atoms with E-state index < -0.39 is 22.0 Å². The third kappa shape index (κ3) is 3.33. The van der Waals surface area contributed by atoms with E-state index in [1.165, 1.54) is 0 Å². The van der Waals surface area contributed by atoms with E-state index in [-0.39, 0.29) is 12.3 Å². The van der Waals surface area contributed by atoms with Crippen LogP contribution in [-0.2, 0) is 9.59 Å². The number of rotatable bonds is 3. The lowest BCUT2D eigenvalue weighted by molar-refractivity contribution is -0.144. The van der Waals surface area contributed by atoms with Crippen molar-refractivity contribution in [1.82, 2.24) is 0 Å². The predicted octanol–water partition coefficient (Wildman–Crippen LogP) is 4.66. The van der Waals surface area contributed by atoms with Crippen LogP contribution in [0.2, 0.25) is 0 Å². The molecule has 2 aromatic carbocycles. The van der Waals surface area contributed by atoms with Crippen molar-refractivity contribution in [1.29, 1.82) is 0 Å². The van der Waals surface area contributed by atoms with Crippen molar-refractivity contribution in [2.75, 3.05) is 16.4 Å². The average molecular weight is 414 g/mol. The van der Waals surface area contributed by atoms with Gasteiger partial charge in [0.1, 0.15) is 5.92 Å². The zero-order valence-corrected chi connectivity index (χ0v) is 17.6. The van der Waals surface area contributed by atoms with Gasteiger partial charge in [0.25, 0.3) is 0 Å². The number of carboxylic acids is 1. The van der Waals surface area contributed by atoms with E-state index in [2.05, 4.69) is 0 Å². The van der Waals surface area contributed by atoms with Crippen LogP contribution in [0.5, 0.6) is 0 Å². The summed E-state index contributed by atoms with van der Waals surface area (Å²) in [5.74, 6) is 0.248. The van der Waals surface area contributed by atoms with Gasteiger partial charge in [-0.15, -0.1) is 23.5 Å². The summed E-state index contributed by atoms with van der Waals surface area (Å²) in [5.41, 5.74) is 3.85. The quantitative estimate of drug-likeness (QED) is 0.793. The maximum absolute atomic E-state index is 13.4. The number of aryl methyl sites for hydroxylation is 2. The second-order valence-corrected chi connectivity index (χ2v) is 10.6. The number of piperidine rings is 1. The molecule has 2 heterocycles. The molecule has 2 aromatic rings. The highest BCUT2D eigenvalue weighted by Crippen LogP contribution is 2.59. The molecule has 0 bridgehead atoms. The highest BCUT2D eigenvalue weighted by Gasteiger charge is 2.58. The Hall–Kier alpha value is -1.92. The first-order chi connectivity index (χ1) is 13.4. The lowest BCUT2D eigenvalue weighted by Crippen LogP contribution is -2.55. The molecule has 2 aliphatic heterocycles. The topological polar surface area (TPSA) is 57.6 Å². The first-order valence-electron chi connectivity index (χ1n) is 9.37. The van der Waals surface area contributed by atoms with E-state index in [9.17, 15) is 14.7 Å². The van der Waals surface area contributed by atoms with Crippen LogP contribution in [0.1, 0.15) is 29.2 Å². The number of hydrogen-bond donors (Lipinski definition) is 1. The van der Waals surface area contributed by atoms with E-state index in [1.54, 1.807) is 28.4 Å². The molecule has 2 unspecified atom stereocenters. The molecule has 2 atom stereocenters. The molecule has 6 heteroatoms. The molecule has 0 saturated carbocycles. The van der Waals surface area contributed by atoms with Crippen molar-refractivity contribution in [3.05, 3.63) is 65.2 Å². The van der Waals surface area contributed by atoms with Gasteiger partial charge in [0, 0.05) is 17.2 Å². The Morgan fingerprint density at radius 3 is 2.07 bits per heavy atom. The molecule has 0 aromatic heterocycles. The van der Waals surface area contributed by atoms with Gasteiger partial charge in [0.15, 0.2) is 0 Å². The van der Waals surface area contributed by atoms with Crippen molar-refractivity contribution in [3.8, 4) is 0 Å². The molecule has 0 radical (unpaired) electrons. The number of thioether (sulfide) groups is 2. The predicted molar refractivity (Wildman–Crippen MR) is 116 cm³/mol. The van der Waals surface area contributed by atoms with Crippen LogP contribution >= 0.6 is 23.5 Å². The molecule has 2 fully saturated rings. The van der Waals surface area contributed by atoms with E-state index in [1.807, 2.05) is 62.4 Å². The number of anilines is 1. The van der Waals surface area contributed by atoms with Crippen LogP contribution in [0, 0.1) is 19.8 Å². The monoisotopic (exact) mass is 413 g/mol. The van der Waals surface area contributed by atoms with Crippen LogP contribution in [0.15, 0.2) is 48.5 Å². The van der Waals surface area contributed by atoms with Gasteiger partial charge in [-0.1, -0.05) is 47.5 Å². The maximum Gasteiger partial charge on any atom is 0.311 e. The number of aliphatic carboxylic acids is 1. The molecule has 28 heavy (non-hydrogen) atoms. The second kappa shape index (κ2) is 7.48. The van der Waals surface area contributed by atoms with Crippen molar-refractivity contribution in [2.24, 2.45) is 5.92 Å². The Morgan fingerprint density at radius 1 is 1.00 bits per heavy atom. The summed E-state index contributed by atoms with van der Waals surface area (Å²) in [7, 11) is 0. The summed E-state index contributed by atoms with van der Waals surface area (Å²) in [5, 5.41) is 10.3. The van der Waals surface area contributed by atoms with E-state index >= 15 is 0 Å². The van der Waals surface area contributed by atoms with Gasteiger partial charge in [0.05, 0.1) is 16.5 Å². The van der Waals surface area contributed by atoms with E-state index in [0.717, 1.165) is 33.9 Å². The Balaban J connectivity index is 1.88. The molecular weight excluding hydrogens is 390 g/mol. The Bertz CT molecular complexity index is 889. The van der Waals surface area contributed by atoms with Crippen LogP contribution in [0.4, 0.5) is 5.69 Å². The highest BCUT2D eigenvalue weighted by atomic mass is 32.2. The highest BCUT2D eigenvalue weighted by molar-refractivity contribution is 8.21. The number of hydrogen-bond acceptors (Lipinski definition) is 4. The summed E-state index contributed by atoms with van der Waals surface area (Å²) >= 11 is 3.28. The minimum absolute atomic E-state index is 0.00571. The van der Waals surface area contributed by atoms with Crippen LogP contribution in [0.25, 0.3) is 0 Å². The van der Waals surface area contributed by atoms with Gasteiger partial charge < -0.3 is 10.0 Å².